The van der Waals surface area contributed by atoms with Crippen molar-refractivity contribution in [3.05, 3.63) is 30.0 Å². The van der Waals surface area contributed by atoms with Gasteiger partial charge in [0.25, 0.3) is 0 Å². The summed E-state index contributed by atoms with van der Waals surface area (Å²) in [5.74, 6) is 0.0274. The van der Waals surface area contributed by atoms with Gasteiger partial charge in [-0.1, -0.05) is 13.8 Å². The summed E-state index contributed by atoms with van der Waals surface area (Å²) in [6, 6.07) is 1.74. The molecule has 0 atom stereocenters. The molecule has 2 aromatic rings. The molecule has 19 heavy (non-hydrogen) atoms. The maximum atomic E-state index is 11.2. The van der Waals surface area contributed by atoms with Crippen molar-refractivity contribution in [2.75, 3.05) is 5.32 Å². The van der Waals surface area contributed by atoms with Gasteiger partial charge in [-0.25, -0.2) is 14.8 Å². The lowest BCUT2D eigenvalue weighted by molar-refractivity contribution is 0.0691. The number of carboxylic acids is 1. The smallest absolute Gasteiger partial charge is 0.356 e. The third kappa shape index (κ3) is 2.87. The number of rotatable bonds is 4. The molecule has 0 aliphatic rings. The van der Waals surface area contributed by atoms with Crippen molar-refractivity contribution >= 4 is 17.5 Å². The molecule has 0 radical (unpaired) electrons. The largest absolute Gasteiger partial charge is 0.476 e. The van der Waals surface area contributed by atoms with Crippen LogP contribution in [0.1, 0.15) is 36.1 Å². The molecular weight excluding hydrogens is 246 g/mol. The second kappa shape index (κ2) is 5.05. The lowest BCUT2D eigenvalue weighted by Gasteiger charge is -2.09. The van der Waals surface area contributed by atoms with Crippen molar-refractivity contribution in [2.24, 2.45) is 7.05 Å². The molecule has 0 aliphatic heterocycles. The molecule has 2 N–H and O–H groups in total. The van der Waals surface area contributed by atoms with Gasteiger partial charge in [0.05, 0.1) is 11.9 Å². The van der Waals surface area contributed by atoms with E-state index in [2.05, 4.69) is 20.4 Å². The van der Waals surface area contributed by atoms with Crippen molar-refractivity contribution in [1.82, 2.24) is 19.7 Å². The molecule has 2 aromatic heterocycles. The average Bonchev–Trinajstić information content (AvgIpc) is 2.74. The van der Waals surface area contributed by atoms with Gasteiger partial charge in [-0.15, -0.1) is 0 Å². The summed E-state index contributed by atoms with van der Waals surface area (Å²) in [5, 5.41) is 16.2. The minimum atomic E-state index is -1.09. The van der Waals surface area contributed by atoms with Crippen LogP contribution in [-0.4, -0.2) is 30.8 Å². The number of nitrogens with one attached hydrogen (secondary N) is 1. The van der Waals surface area contributed by atoms with Gasteiger partial charge >= 0.3 is 5.97 Å². The third-order valence-electron chi connectivity index (χ3n) is 2.50. The summed E-state index contributed by atoms with van der Waals surface area (Å²) in [4.78, 5) is 19.5. The fourth-order valence-electron chi connectivity index (χ4n) is 1.55. The zero-order valence-corrected chi connectivity index (χ0v) is 11.0. The highest BCUT2D eigenvalue weighted by atomic mass is 16.4. The van der Waals surface area contributed by atoms with E-state index < -0.39 is 5.97 Å². The van der Waals surface area contributed by atoms with Crippen LogP contribution in [0, 0.1) is 0 Å². The number of nitrogens with zero attached hydrogens (tertiary/aromatic N) is 4. The van der Waals surface area contributed by atoms with E-state index in [1.54, 1.807) is 24.0 Å². The first-order valence-electron chi connectivity index (χ1n) is 5.84. The van der Waals surface area contributed by atoms with Gasteiger partial charge < -0.3 is 10.4 Å². The van der Waals surface area contributed by atoms with Gasteiger partial charge in [-0.3, -0.25) is 4.68 Å². The van der Waals surface area contributed by atoms with Gasteiger partial charge in [0, 0.05) is 25.2 Å². The molecular formula is C12H15N5O2. The first-order valence-corrected chi connectivity index (χ1v) is 5.84. The quantitative estimate of drug-likeness (QED) is 0.871. The average molecular weight is 261 g/mol. The Labute approximate surface area is 110 Å². The molecule has 0 unspecified atom stereocenters. The van der Waals surface area contributed by atoms with Gasteiger partial charge in [-0.05, 0) is 0 Å². The third-order valence-corrected chi connectivity index (χ3v) is 2.50. The van der Waals surface area contributed by atoms with Gasteiger partial charge in [-0.2, -0.15) is 5.10 Å². The Morgan fingerprint density at radius 1 is 1.47 bits per heavy atom. The van der Waals surface area contributed by atoms with E-state index in [9.17, 15) is 9.90 Å². The Hall–Kier alpha value is -2.44. The fourth-order valence-corrected chi connectivity index (χ4v) is 1.55. The van der Waals surface area contributed by atoms with Crippen LogP contribution < -0.4 is 5.32 Å². The van der Waals surface area contributed by atoms with Crippen molar-refractivity contribution in [3.63, 3.8) is 0 Å². The zero-order chi connectivity index (χ0) is 14.0. The monoisotopic (exact) mass is 261 g/mol. The molecule has 0 saturated carbocycles. The molecule has 2 rings (SSSR count). The minimum Gasteiger partial charge on any atom is -0.476 e. The summed E-state index contributed by atoms with van der Waals surface area (Å²) < 4.78 is 1.62. The number of hydrogen-bond acceptors (Lipinski definition) is 5. The second-order valence-electron chi connectivity index (χ2n) is 4.45. The molecule has 0 spiro atoms. The van der Waals surface area contributed by atoms with Crippen LogP contribution in [0.2, 0.25) is 0 Å². The number of carboxylic acid groups (broad SMARTS) is 1. The van der Waals surface area contributed by atoms with E-state index in [-0.39, 0.29) is 11.6 Å². The summed E-state index contributed by atoms with van der Waals surface area (Å²) in [6.07, 6.45) is 3.23. The van der Waals surface area contributed by atoms with Crippen LogP contribution in [0.25, 0.3) is 0 Å². The van der Waals surface area contributed by atoms with Gasteiger partial charge in [0.1, 0.15) is 5.82 Å². The van der Waals surface area contributed by atoms with E-state index in [1.165, 1.54) is 6.20 Å². The van der Waals surface area contributed by atoms with Crippen LogP contribution >= 0.6 is 0 Å². The number of aryl methyl sites for hydroxylation is 1. The minimum absolute atomic E-state index is 0.0515. The zero-order valence-electron chi connectivity index (χ0n) is 11.0. The molecule has 7 heteroatoms. The molecule has 0 aromatic carbocycles. The lowest BCUT2D eigenvalue weighted by atomic mass is 10.2. The van der Waals surface area contributed by atoms with Crippen molar-refractivity contribution in [2.45, 2.75) is 19.8 Å². The van der Waals surface area contributed by atoms with Crippen molar-refractivity contribution < 1.29 is 9.90 Å². The van der Waals surface area contributed by atoms with E-state index in [1.807, 2.05) is 13.8 Å². The summed E-state index contributed by atoms with van der Waals surface area (Å²) >= 11 is 0. The maximum absolute atomic E-state index is 11.2. The van der Waals surface area contributed by atoms with Crippen LogP contribution in [0.5, 0.6) is 0 Å². The molecule has 0 saturated heterocycles. The first-order chi connectivity index (χ1) is 8.97. The Bertz CT molecular complexity index is 606. The Kier molecular flexibility index (Phi) is 3.46. The maximum Gasteiger partial charge on any atom is 0.356 e. The highest BCUT2D eigenvalue weighted by Crippen LogP contribution is 2.19. The Morgan fingerprint density at radius 3 is 2.74 bits per heavy atom. The van der Waals surface area contributed by atoms with Crippen LogP contribution in [0.3, 0.4) is 0 Å². The van der Waals surface area contributed by atoms with E-state index >= 15 is 0 Å². The molecule has 0 fully saturated rings. The SMILES string of the molecule is CC(C)c1ncc(Nc2ccn(C)n2)c(C(=O)O)n1. The highest BCUT2D eigenvalue weighted by molar-refractivity contribution is 5.92. The normalized spacial score (nSPS) is 10.7. The van der Waals surface area contributed by atoms with E-state index in [4.69, 9.17) is 0 Å². The molecule has 0 bridgehead atoms. The number of hydrogen-bond donors (Lipinski definition) is 2. The summed E-state index contributed by atoms with van der Waals surface area (Å²) in [5.41, 5.74) is 0.278. The van der Waals surface area contributed by atoms with Crippen LogP contribution in [-0.2, 0) is 7.05 Å². The molecule has 7 nitrogen and oxygen atoms in total. The van der Waals surface area contributed by atoms with Crippen molar-refractivity contribution in [3.8, 4) is 0 Å². The number of aromatic carboxylic acids is 1. The van der Waals surface area contributed by atoms with E-state index in [0.717, 1.165) is 0 Å². The number of anilines is 2. The van der Waals surface area contributed by atoms with Crippen LogP contribution in [0.15, 0.2) is 18.5 Å². The van der Waals surface area contributed by atoms with Gasteiger partial charge in [0.2, 0.25) is 0 Å². The highest BCUT2D eigenvalue weighted by Gasteiger charge is 2.16. The topological polar surface area (TPSA) is 92.9 Å². The van der Waals surface area contributed by atoms with Crippen LogP contribution in [0.4, 0.5) is 11.5 Å². The van der Waals surface area contributed by atoms with Gasteiger partial charge in [0.15, 0.2) is 11.5 Å². The first kappa shape index (κ1) is 13.0. The second-order valence-corrected chi connectivity index (χ2v) is 4.45. The molecule has 100 valence electrons. The standard InChI is InChI=1S/C12H15N5O2/c1-7(2)11-13-6-8(10(15-11)12(18)19)14-9-4-5-17(3)16-9/h4-7H,1-3H3,(H,14,16)(H,18,19). The van der Waals surface area contributed by atoms with Crippen molar-refractivity contribution in [1.29, 1.82) is 0 Å². The molecule has 2 heterocycles. The Morgan fingerprint density at radius 2 is 2.21 bits per heavy atom. The Balaban J connectivity index is 2.36. The summed E-state index contributed by atoms with van der Waals surface area (Å²) in [6.45, 7) is 3.82. The molecule has 0 aliphatic carbocycles. The van der Waals surface area contributed by atoms with E-state index in [0.29, 0.717) is 17.3 Å². The predicted molar refractivity (Wildman–Crippen MR) is 69.6 cm³/mol. The lowest BCUT2D eigenvalue weighted by Crippen LogP contribution is -2.10. The summed E-state index contributed by atoms with van der Waals surface area (Å²) in [7, 11) is 1.78. The number of carbonyl (C=O) groups is 1. The predicted octanol–water partition coefficient (Wildman–Crippen LogP) is 1.78. The molecule has 0 amide bonds. The fraction of sp³-hybridized carbons (Fsp3) is 0.333. The number of aromatic nitrogens is 4.